The van der Waals surface area contributed by atoms with Gasteiger partial charge in [-0.1, -0.05) is 0 Å². The van der Waals surface area contributed by atoms with Gasteiger partial charge in [0.2, 0.25) is 0 Å². The van der Waals surface area contributed by atoms with Crippen molar-refractivity contribution in [1.29, 1.82) is 0 Å². The normalized spacial score (nSPS) is 27.3. The summed E-state index contributed by atoms with van der Waals surface area (Å²) in [5.74, 6) is 0. The summed E-state index contributed by atoms with van der Waals surface area (Å²) < 4.78 is 5.41. The van der Waals surface area contributed by atoms with Crippen LogP contribution in [-0.4, -0.2) is 49.5 Å². The van der Waals surface area contributed by atoms with Crippen molar-refractivity contribution in [2.45, 2.75) is 18.9 Å². The predicted octanol–water partition coefficient (Wildman–Crippen LogP) is 0.0895. The van der Waals surface area contributed by atoms with E-state index >= 15 is 0 Å². The molecule has 0 spiro atoms. The Bertz CT molecular complexity index is 108. The van der Waals surface area contributed by atoms with Crippen LogP contribution in [0.1, 0.15) is 12.8 Å². The molecule has 1 atom stereocenters. The Balaban J connectivity index is 2.12. The monoisotopic (exact) mass is 159 g/mol. The molecular formula is C8H17NO2. The van der Waals surface area contributed by atoms with E-state index in [1.54, 1.807) is 0 Å². The van der Waals surface area contributed by atoms with Crippen LogP contribution < -0.4 is 0 Å². The first-order valence-electron chi connectivity index (χ1n) is 4.24. The highest BCUT2D eigenvalue weighted by molar-refractivity contribution is 4.70. The fraction of sp³-hybridized carbons (Fsp3) is 1.00. The number of likely N-dealkylation sites (tertiary alicyclic amines) is 1. The van der Waals surface area contributed by atoms with Crippen molar-refractivity contribution >= 4 is 0 Å². The van der Waals surface area contributed by atoms with E-state index in [0.29, 0.717) is 12.7 Å². The topological polar surface area (TPSA) is 32.7 Å². The predicted molar refractivity (Wildman–Crippen MR) is 43.6 cm³/mol. The van der Waals surface area contributed by atoms with Gasteiger partial charge in [0, 0.05) is 6.54 Å². The lowest BCUT2D eigenvalue weighted by Gasteiger charge is -2.29. The standard InChI is InChI=1S/C8H17NO2/c1-9-4-2-3-8(7-9)11-6-5-10/h8,10H,2-7H2,1H3. The summed E-state index contributed by atoms with van der Waals surface area (Å²) in [6.07, 6.45) is 2.71. The van der Waals surface area contributed by atoms with Gasteiger partial charge in [-0.25, -0.2) is 0 Å². The van der Waals surface area contributed by atoms with E-state index in [9.17, 15) is 0 Å². The summed E-state index contributed by atoms with van der Waals surface area (Å²) in [6, 6.07) is 0. The van der Waals surface area contributed by atoms with Gasteiger partial charge in [0.05, 0.1) is 19.3 Å². The first-order valence-corrected chi connectivity index (χ1v) is 4.24. The fourth-order valence-electron chi connectivity index (χ4n) is 1.47. The van der Waals surface area contributed by atoms with E-state index in [1.165, 1.54) is 13.0 Å². The van der Waals surface area contributed by atoms with Crippen molar-refractivity contribution in [3.05, 3.63) is 0 Å². The second-order valence-corrected chi connectivity index (χ2v) is 3.12. The van der Waals surface area contributed by atoms with Crippen molar-refractivity contribution in [2.75, 3.05) is 33.4 Å². The molecule has 0 aromatic rings. The minimum absolute atomic E-state index is 0.139. The van der Waals surface area contributed by atoms with Gasteiger partial charge in [0.1, 0.15) is 0 Å². The number of nitrogens with zero attached hydrogens (tertiary/aromatic N) is 1. The zero-order chi connectivity index (χ0) is 8.10. The highest BCUT2D eigenvalue weighted by atomic mass is 16.5. The van der Waals surface area contributed by atoms with E-state index in [1.807, 2.05) is 0 Å². The highest BCUT2D eigenvalue weighted by Gasteiger charge is 2.16. The minimum Gasteiger partial charge on any atom is -0.394 e. The minimum atomic E-state index is 0.139. The Labute approximate surface area is 68.0 Å². The van der Waals surface area contributed by atoms with Crippen LogP contribution in [0.25, 0.3) is 0 Å². The molecular weight excluding hydrogens is 142 g/mol. The summed E-state index contributed by atoms with van der Waals surface area (Å²) >= 11 is 0. The number of aliphatic hydroxyl groups excluding tert-OH is 1. The molecule has 0 saturated carbocycles. The molecule has 0 aromatic carbocycles. The number of piperidine rings is 1. The third-order valence-corrected chi connectivity index (χ3v) is 2.03. The van der Waals surface area contributed by atoms with Gasteiger partial charge in [-0.2, -0.15) is 0 Å². The van der Waals surface area contributed by atoms with Gasteiger partial charge in [-0.05, 0) is 26.4 Å². The molecule has 1 rings (SSSR count). The molecule has 1 N–H and O–H groups in total. The molecule has 1 fully saturated rings. The second kappa shape index (κ2) is 4.70. The number of ether oxygens (including phenoxy) is 1. The zero-order valence-electron chi connectivity index (χ0n) is 7.12. The van der Waals surface area contributed by atoms with Crippen molar-refractivity contribution in [1.82, 2.24) is 4.90 Å². The molecule has 3 nitrogen and oxygen atoms in total. The van der Waals surface area contributed by atoms with Crippen LogP contribution in [0.5, 0.6) is 0 Å². The van der Waals surface area contributed by atoms with Crippen LogP contribution in [0.3, 0.4) is 0 Å². The van der Waals surface area contributed by atoms with Gasteiger partial charge >= 0.3 is 0 Å². The SMILES string of the molecule is CN1CCCC(OCCO)C1. The molecule has 1 aliphatic heterocycles. The Morgan fingerprint density at radius 1 is 1.64 bits per heavy atom. The van der Waals surface area contributed by atoms with E-state index in [4.69, 9.17) is 9.84 Å². The fourth-order valence-corrected chi connectivity index (χ4v) is 1.47. The van der Waals surface area contributed by atoms with Crippen LogP contribution in [0.2, 0.25) is 0 Å². The lowest BCUT2D eigenvalue weighted by atomic mass is 10.1. The number of rotatable bonds is 3. The van der Waals surface area contributed by atoms with Gasteiger partial charge in [0.15, 0.2) is 0 Å². The van der Waals surface area contributed by atoms with Crippen LogP contribution in [-0.2, 0) is 4.74 Å². The summed E-state index contributed by atoms with van der Waals surface area (Å²) in [7, 11) is 2.11. The Kier molecular flexibility index (Phi) is 3.83. The lowest BCUT2D eigenvalue weighted by molar-refractivity contribution is -0.00876. The van der Waals surface area contributed by atoms with Gasteiger partial charge in [0.25, 0.3) is 0 Å². The van der Waals surface area contributed by atoms with Crippen LogP contribution in [0.15, 0.2) is 0 Å². The van der Waals surface area contributed by atoms with Crippen LogP contribution >= 0.6 is 0 Å². The molecule has 0 radical (unpaired) electrons. The Morgan fingerprint density at radius 3 is 3.09 bits per heavy atom. The van der Waals surface area contributed by atoms with Crippen molar-refractivity contribution in [3.8, 4) is 0 Å². The Morgan fingerprint density at radius 2 is 2.45 bits per heavy atom. The van der Waals surface area contributed by atoms with Gasteiger partial charge in [-0.15, -0.1) is 0 Å². The van der Waals surface area contributed by atoms with Crippen LogP contribution in [0.4, 0.5) is 0 Å². The molecule has 1 heterocycles. The molecule has 1 aliphatic rings. The number of likely N-dealkylation sites (N-methyl/N-ethyl adjacent to an activating group) is 1. The lowest BCUT2D eigenvalue weighted by Crippen LogP contribution is -2.37. The molecule has 0 bridgehead atoms. The molecule has 0 amide bonds. The third kappa shape index (κ3) is 3.18. The molecule has 0 aliphatic carbocycles. The smallest absolute Gasteiger partial charge is 0.0703 e. The maximum Gasteiger partial charge on any atom is 0.0703 e. The van der Waals surface area contributed by atoms with Gasteiger partial charge in [-0.3, -0.25) is 0 Å². The number of hydrogen-bond acceptors (Lipinski definition) is 3. The second-order valence-electron chi connectivity index (χ2n) is 3.12. The summed E-state index contributed by atoms with van der Waals surface area (Å²) in [4.78, 5) is 2.27. The average Bonchev–Trinajstić information content (AvgIpc) is 2.01. The van der Waals surface area contributed by atoms with Crippen LogP contribution in [0, 0.1) is 0 Å². The first kappa shape index (κ1) is 8.97. The molecule has 66 valence electrons. The van der Waals surface area contributed by atoms with E-state index in [-0.39, 0.29) is 6.61 Å². The molecule has 1 saturated heterocycles. The quantitative estimate of drug-likeness (QED) is 0.633. The first-order chi connectivity index (χ1) is 5.33. The van der Waals surface area contributed by atoms with E-state index < -0.39 is 0 Å². The van der Waals surface area contributed by atoms with Crippen molar-refractivity contribution in [3.63, 3.8) is 0 Å². The number of aliphatic hydroxyl groups is 1. The van der Waals surface area contributed by atoms with E-state index in [0.717, 1.165) is 13.0 Å². The maximum absolute atomic E-state index is 8.52. The summed E-state index contributed by atoms with van der Waals surface area (Å²) in [5, 5.41) is 8.52. The van der Waals surface area contributed by atoms with Gasteiger partial charge < -0.3 is 14.7 Å². The highest BCUT2D eigenvalue weighted by Crippen LogP contribution is 2.10. The number of hydrogen-bond donors (Lipinski definition) is 1. The molecule has 1 unspecified atom stereocenters. The maximum atomic E-state index is 8.52. The summed E-state index contributed by atoms with van der Waals surface area (Å²) in [5.41, 5.74) is 0. The van der Waals surface area contributed by atoms with Crippen molar-refractivity contribution < 1.29 is 9.84 Å². The summed E-state index contributed by atoms with van der Waals surface area (Å²) in [6.45, 7) is 2.82. The molecule has 0 aromatic heterocycles. The average molecular weight is 159 g/mol. The molecule has 3 heteroatoms. The van der Waals surface area contributed by atoms with Crippen molar-refractivity contribution in [2.24, 2.45) is 0 Å². The Hall–Kier alpha value is -0.120. The largest absolute Gasteiger partial charge is 0.394 e. The third-order valence-electron chi connectivity index (χ3n) is 2.03. The zero-order valence-corrected chi connectivity index (χ0v) is 7.12. The molecule has 11 heavy (non-hydrogen) atoms. The van der Waals surface area contributed by atoms with E-state index in [2.05, 4.69) is 11.9 Å².